The van der Waals surface area contributed by atoms with E-state index in [4.69, 9.17) is 0 Å². The SMILES string of the molecule is Cc1cccc2c3c(n(CCCc4ccccc4)c12)CC(C)N(C)C3C. The van der Waals surface area contributed by atoms with Gasteiger partial charge < -0.3 is 4.57 Å². The molecule has 2 nitrogen and oxygen atoms in total. The van der Waals surface area contributed by atoms with Crippen LogP contribution >= 0.6 is 0 Å². The number of aryl methyl sites for hydroxylation is 3. The number of rotatable bonds is 4. The Hall–Kier alpha value is -2.06. The molecule has 0 fully saturated rings. The summed E-state index contributed by atoms with van der Waals surface area (Å²) in [6.45, 7) is 8.09. The van der Waals surface area contributed by atoms with Gasteiger partial charge in [0.2, 0.25) is 0 Å². The first-order valence-electron chi connectivity index (χ1n) is 9.94. The van der Waals surface area contributed by atoms with Gasteiger partial charge in [-0.1, -0.05) is 48.5 Å². The topological polar surface area (TPSA) is 8.17 Å². The average molecular weight is 347 g/mol. The normalized spacial score (nSPS) is 20.5. The lowest BCUT2D eigenvalue weighted by Gasteiger charge is -2.36. The van der Waals surface area contributed by atoms with Crippen LogP contribution in [-0.4, -0.2) is 22.6 Å². The van der Waals surface area contributed by atoms with Crippen LogP contribution in [0.1, 0.15) is 48.7 Å². The second kappa shape index (κ2) is 6.92. The number of nitrogens with zero attached hydrogens (tertiary/aromatic N) is 2. The molecule has 2 heteroatoms. The second-order valence-electron chi connectivity index (χ2n) is 7.97. The molecule has 0 saturated carbocycles. The third-order valence-corrected chi connectivity index (χ3v) is 6.34. The lowest BCUT2D eigenvalue weighted by atomic mass is 9.93. The van der Waals surface area contributed by atoms with Crippen LogP contribution in [0.4, 0.5) is 0 Å². The van der Waals surface area contributed by atoms with Gasteiger partial charge in [-0.05, 0) is 57.4 Å². The molecule has 2 aromatic carbocycles. The minimum absolute atomic E-state index is 0.480. The fourth-order valence-corrected chi connectivity index (χ4v) is 4.70. The molecule has 0 radical (unpaired) electrons. The first kappa shape index (κ1) is 17.4. The van der Waals surface area contributed by atoms with Crippen molar-refractivity contribution in [1.82, 2.24) is 9.47 Å². The van der Waals surface area contributed by atoms with Crippen molar-refractivity contribution in [3.05, 3.63) is 70.9 Å². The van der Waals surface area contributed by atoms with Crippen molar-refractivity contribution in [2.45, 2.75) is 58.7 Å². The van der Waals surface area contributed by atoms with E-state index in [1.165, 1.54) is 28.5 Å². The molecule has 2 heterocycles. The number of benzene rings is 2. The van der Waals surface area contributed by atoms with Crippen molar-refractivity contribution in [2.75, 3.05) is 7.05 Å². The van der Waals surface area contributed by atoms with E-state index in [-0.39, 0.29) is 0 Å². The van der Waals surface area contributed by atoms with E-state index >= 15 is 0 Å². The molecule has 1 aromatic heterocycles. The average Bonchev–Trinajstić information content (AvgIpc) is 2.95. The molecule has 136 valence electrons. The van der Waals surface area contributed by atoms with E-state index in [1.807, 2.05) is 0 Å². The molecule has 2 unspecified atom stereocenters. The Morgan fingerprint density at radius 3 is 2.54 bits per heavy atom. The van der Waals surface area contributed by atoms with Gasteiger partial charge >= 0.3 is 0 Å². The maximum Gasteiger partial charge on any atom is 0.0515 e. The van der Waals surface area contributed by atoms with Gasteiger partial charge in [0.25, 0.3) is 0 Å². The summed E-state index contributed by atoms with van der Waals surface area (Å²) in [7, 11) is 2.27. The summed E-state index contributed by atoms with van der Waals surface area (Å²) in [5, 5.41) is 1.46. The molecule has 0 saturated heterocycles. The number of para-hydroxylation sites is 1. The van der Waals surface area contributed by atoms with Gasteiger partial charge in [-0.3, -0.25) is 4.90 Å². The number of hydrogen-bond acceptors (Lipinski definition) is 1. The van der Waals surface area contributed by atoms with Crippen LogP contribution in [0.3, 0.4) is 0 Å². The third kappa shape index (κ3) is 2.87. The molecule has 3 aromatic rings. The minimum atomic E-state index is 0.480. The predicted octanol–water partition coefficient (Wildman–Crippen LogP) is 5.52. The third-order valence-electron chi connectivity index (χ3n) is 6.34. The molecular formula is C24H30N2. The van der Waals surface area contributed by atoms with Gasteiger partial charge in [0.05, 0.1) is 5.52 Å². The van der Waals surface area contributed by atoms with Gasteiger partial charge in [-0.2, -0.15) is 0 Å². The van der Waals surface area contributed by atoms with Crippen LogP contribution in [0.5, 0.6) is 0 Å². The Bertz CT molecular complexity index is 907. The molecule has 2 atom stereocenters. The maximum atomic E-state index is 2.64. The molecule has 0 spiro atoms. The molecule has 0 aliphatic carbocycles. The summed E-state index contributed by atoms with van der Waals surface area (Å²) >= 11 is 0. The van der Waals surface area contributed by atoms with Crippen LogP contribution in [0.25, 0.3) is 10.9 Å². The smallest absolute Gasteiger partial charge is 0.0515 e. The van der Waals surface area contributed by atoms with Crippen molar-refractivity contribution in [3.63, 3.8) is 0 Å². The molecule has 0 bridgehead atoms. The number of hydrogen-bond donors (Lipinski definition) is 0. The van der Waals surface area contributed by atoms with Gasteiger partial charge in [0, 0.05) is 36.1 Å². The highest BCUT2D eigenvalue weighted by Gasteiger charge is 2.31. The Morgan fingerprint density at radius 2 is 1.77 bits per heavy atom. The first-order chi connectivity index (χ1) is 12.6. The number of likely N-dealkylation sites (N-methyl/N-ethyl adjacent to an activating group) is 1. The second-order valence-corrected chi connectivity index (χ2v) is 7.97. The van der Waals surface area contributed by atoms with Crippen molar-refractivity contribution < 1.29 is 0 Å². The minimum Gasteiger partial charge on any atom is -0.344 e. The molecule has 1 aliphatic rings. The monoisotopic (exact) mass is 346 g/mol. The molecule has 26 heavy (non-hydrogen) atoms. The number of fused-ring (bicyclic) bond motifs is 3. The van der Waals surface area contributed by atoms with Crippen LogP contribution < -0.4 is 0 Å². The van der Waals surface area contributed by atoms with Gasteiger partial charge in [0.15, 0.2) is 0 Å². The van der Waals surface area contributed by atoms with Gasteiger partial charge in [-0.15, -0.1) is 0 Å². The number of aromatic nitrogens is 1. The fraction of sp³-hybridized carbons (Fsp3) is 0.417. The molecule has 0 amide bonds. The zero-order valence-electron chi connectivity index (χ0n) is 16.5. The van der Waals surface area contributed by atoms with Gasteiger partial charge in [0.1, 0.15) is 0 Å². The van der Waals surface area contributed by atoms with Crippen LogP contribution in [0, 0.1) is 6.92 Å². The van der Waals surface area contributed by atoms with E-state index in [2.05, 4.69) is 85.8 Å². The lowest BCUT2D eigenvalue weighted by molar-refractivity contribution is 0.177. The van der Waals surface area contributed by atoms with Crippen molar-refractivity contribution in [3.8, 4) is 0 Å². The van der Waals surface area contributed by atoms with E-state index in [1.54, 1.807) is 11.3 Å². The zero-order valence-corrected chi connectivity index (χ0v) is 16.5. The highest BCUT2D eigenvalue weighted by Crippen LogP contribution is 2.40. The van der Waals surface area contributed by atoms with E-state index in [9.17, 15) is 0 Å². The van der Waals surface area contributed by atoms with E-state index in [0.717, 1.165) is 19.4 Å². The predicted molar refractivity (Wildman–Crippen MR) is 111 cm³/mol. The Morgan fingerprint density at radius 1 is 1.00 bits per heavy atom. The largest absolute Gasteiger partial charge is 0.344 e. The summed E-state index contributed by atoms with van der Waals surface area (Å²) < 4.78 is 2.64. The Kier molecular flexibility index (Phi) is 4.62. The summed E-state index contributed by atoms with van der Waals surface area (Å²) in [4.78, 5) is 2.53. The van der Waals surface area contributed by atoms with E-state index in [0.29, 0.717) is 12.1 Å². The Balaban J connectivity index is 1.73. The van der Waals surface area contributed by atoms with Crippen molar-refractivity contribution in [2.24, 2.45) is 0 Å². The fourth-order valence-electron chi connectivity index (χ4n) is 4.70. The molecule has 1 aliphatic heterocycles. The van der Waals surface area contributed by atoms with Crippen molar-refractivity contribution in [1.29, 1.82) is 0 Å². The molecular weight excluding hydrogens is 316 g/mol. The standard InChI is InChI=1S/C24H30N2/c1-17-10-8-14-21-23-19(3)25(4)18(2)16-22(23)26(24(17)21)15-9-13-20-11-6-5-7-12-20/h5-8,10-12,14,18-19H,9,13,15-16H2,1-4H3. The summed E-state index contributed by atoms with van der Waals surface area (Å²) in [5.41, 5.74) is 7.43. The summed E-state index contributed by atoms with van der Waals surface area (Å²) in [5.74, 6) is 0. The summed E-state index contributed by atoms with van der Waals surface area (Å²) in [6, 6.07) is 18.8. The van der Waals surface area contributed by atoms with Crippen LogP contribution in [-0.2, 0) is 19.4 Å². The maximum absolute atomic E-state index is 2.64. The Labute approximate surface area is 157 Å². The highest BCUT2D eigenvalue weighted by molar-refractivity contribution is 5.89. The van der Waals surface area contributed by atoms with Gasteiger partial charge in [-0.25, -0.2) is 0 Å². The first-order valence-corrected chi connectivity index (χ1v) is 9.94. The van der Waals surface area contributed by atoms with Crippen LogP contribution in [0.15, 0.2) is 48.5 Å². The lowest BCUT2D eigenvalue weighted by Crippen LogP contribution is -2.38. The highest BCUT2D eigenvalue weighted by atomic mass is 15.2. The zero-order chi connectivity index (χ0) is 18.3. The van der Waals surface area contributed by atoms with E-state index < -0.39 is 0 Å². The summed E-state index contributed by atoms with van der Waals surface area (Å²) in [6.07, 6.45) is 3.48. The van der Waals surface area contributed by atoms with Crippen LogP contribution in [0.2, 0.25) is 0 Å². The van der Waals surface area contributed by atoms with Crippen molar-refractivity contribution >= 4 is 10.9 Å². The quantitative estimate of drug-likeness (QED) is 0.604. The molecule has 0 N–H and O–H groups in total. The molecule has 4 rings (SSSR count).